The number of H-pyrrole nitrogens is 1. The molecule has 1 N–H and O–H groups in total. The number of aryl methyl sites for hydroxylation is 1. The fraction of sp³-hybridized carbons (Fsp3) is 0.636. The molecule has 0 bridgehead atoms. The lowest BCUT2D eigenvalue weighted by Gasteiger charge is -2.25. The number of thiazole rings is 1. The Kier molecular flexibility index (Phi) is 4.03. The van der Waals surface area contributed by atoms with Crippen LogP contribution in [-0.2, 0) is 14.8 Å². The van der Waals surface area contributed by atoms with Gasteiger partial charge in [-0.15, -0.1) is 0 Å². The third-order valence-corrected chi connectivity index (χ3v) is 6.74. The first-order chi connectivity index (χ1) is 9.25. The molecule has 1 aliphatic heterocycles. The van der Waals surface area contributed by atoms with Crippen molar-refractivity contribution in [3.05, 3.63) is 15.4 Å². The number of aromatic nitrogens is 1. The molecular weight excluding hydrogens is 302 g/mol. The van der Waals surface area contributed by atoms with Crippen LogP contribution in [0.15, 0.2) is 9.00 Å². The molecule has 1 aromatic heterocycles. The minimum Gasteiger partial charge on any atom is -0.347 e. The molecule has 0 aromatic carbocycles. The standard InChI is InChI=1S/C11H17N3O4S2/c1-7-10(19-11(16)12-7)20(17,18)14-6-4-5-8(14)9(15)13(2)3/h8H,4-6H2,1-3H3,(H,12,16). The van der Waals surface area contributed by atoms with Crippen LogP contribution in [0.25, 0.3) is 0 Å². The zero-order valence-electron chi connectivity index (χ0n) is 11.5. The van der Waals surface area contributed by atoms with Gasteiger partial charge in [-0.05, 0) is 19.8 Å². The van der Waals surface area contributed by atoms with E-state index in [1.807, 2.05) is 0 Å². The Balaban J connectivity index is 2.41. The number of carbonyl (C=O) groups is 1. The molecule has 1 aliphatic rings. The van der Waals surface area contributed by atoms with E-state index in [2.05, 4.69) is 4.98 Å². The van der Waals surface area contributed by atoms with E-state index in [0.717, 1.165) is 0 Å². The SMILES string of the molecule is Cc1[nH]c(=O)sc1S(=O)(=O)N1CCCC1C(=O)N(C)C. The summed E-state index contributed by atoms with van der Waals surface area (Å²) >= 11 is 0.665. The molecule has 0 spiro atoms. The van der Waals surface area contributed by atoms with Crippen molar-refractivity contribution in [1.29, 1.82) is 0 Å². The molecule has 9 heteroatoms. The van der Waals surface area contributed by atoms with E-state index in [0.29, 0.717) is 36.4 Å². The molecule has 1 aromatic rings. The molecule has 2 rings (SSSR count). The first-order valence-corrected chi connectivity index (χ1v) is 8.43. The summed E-state index contributed by atoms with van der Waals surface area (Å²) in [6.07, 6.45) is 1.15. The third kappa shape index (κ3) is 2.52. The molecule has 0 radical (unpaired) electrons. The van der Waals surface area contributed by atoms with Gasteiger partial charge in [0.05, 0.1) is 0 Å². The summed E-state index contributed by atoms with van der Waals surface area (Å²) in [5, 5.41) is 0. The minimum absolute atomic E-state index is 0.000885. The van der Waals surface area contributed by atoms with Crippen LogP contribution in [0.1, 0.15) is 18.5 Å². The van der Waals surface area contributed by atoms with Gasteiger partial charge in [0.1, 0.15) is 6.04 Å². The smallest absolute Gasteiger partial charge is 0.305 e. The molecule has 0 aliphatic carbocycles. The van der Waals surface area contributed by atoms with E-state index in [-0.39, 0.29) is 10.1 Å². The van der Waals surface area contributed by atoms with Crippen molar-refractivity contribution in [2.45, 2.75) is 30.0 Å². The van der Waals surface area contributed by atoms with Crippen molar-refractivity contribution < 1.29 is 13.2 Å². The monoisotopic (exact) mass is 319 g/mol. The minimum atomic E-state index is -3.80. The van der Waals surface area contributed by atoms with Gasteiger partial charge >= 0.3 is 4.87 Å². The van der Waals surface area contributed by atoms with Crippen LogP contribution in [0, 0.1) is 6.92 Å². The van der Waals surface area contributed by atoms with Gasteiger partial charge < -0.3 is 9.88 Å². The average molecular weight is 319 g/mol. The highest BCUT2D eigenvalue weighted by Crippen LogP contribution is 2.29. The van der Waals surface area contributed by atoms with Crippen molar-refractivity contribution in [3.8, 4) is 0 Å². The lowest BCUT2D eigenvalue weighted by atomic mass is 10.2. The number of nitrogens with one attached hydrogen (secondary N) is 1. The second-order valence-corrected chi connectivity index (χ2v) is 8.00. The van der Waals surface area contributed by atoms with Crippen molar-refractivity contribution in [2.75, 3.05) is 20.6 Å². The molecule has 2 heterocycles. The maximum Gasteiger partial charge on any atom is 0.305 e. The fourth-order valence-corrected chi connectivity index (χ4v) is 5.38. The van der Waals surface area contributed by atoms with E-state index in [4.69, 9.17) is 0 Å². The molecule has 1 saturated heterocycles. The van der Waals surface area contributed by atoms with Crippen LogP contribution in [0.3, 0.4) is 0 Å². The molecule has 1 unspecified atom stereocenters. The molecule has 7 nitrogen and oxygen atoms in total. The van der Waals surface area contributed by atoms with Gasteiger partial charge in [0.2, 0.25) is 5.91 Å². The molecule has 112 valence electrons. The van der Waals surface area contributed by atoms with E-state index < -0.39 is 20.9 Å². The van der Waals surface area contributed by atoms with Gasteiger partial charge in [0.15, 0.2) is 4.21 Å². The predicted molar refractivity (Wildman–Crippen MR) is 75.3 cm³/mol. The summed E-state index contributed by atoms with van der Waals surface area (Å²) in [4.78, 5) is 26.8. The third-order valence-electron chi connectivity index (χ3n) is 3.25. The molecule has 1 fully saturated rings. The Morgan fingerprint density at radius 3 is 2.60 bits per heavy atom. The topological polar surface area (TPSA) is 90.5 Å². The Morgan fingerprint density at radius 1 is 1.45 bits per heavy atom. The van der Waals surface area contributed by atoms with Crippen LogP contribution in [0.5, 0.6) is 0 Å². The fourth-order valence-electron chi connectivity index (χ4n) is 2.32. The van der Waals surface area contributed by atoms with Crippen molar-refractivity contribution in [2.24, 2.45) is 0 Å². The van der Waals surface area contributed by atoms with Gasteiger partial charge in [-0.1, -0.05) is 11.3 Å². The normalized spacial score (nSPS) is 20.2. The highest BCUT2D eigenvalue weighted by atomic mass is 32.2. The lowest BCUT2D eigenvalue weighted by molar-refractivity contribution is -0.132. The summed E-state index contributed by atoms with van der Waals surface area (Å²) in [5.41, 5.74) is 0.322. The summed E-state index contributed by atoms with van der Waals surface area (Å²) in [6, 6.07) is -0.674. The zero-order chi connectivity index (χ0) is 15.1. The average Bonchev–Trinajstić information content (AvgIpc) is 2.95. The Hall–Kier alpha value is -1.19. The summed E-state index contributed by atoms with van der Waals surface area (Å²) in [6.45, 7) is 1.85. The number of hydrogen-bond acceptors (Lipinski definition) is 5. The highest BCUT2D eigenvalue weighted by molar-refractivity contribution is 7.91. The summed E-state index contributed by atoms with van der Waals surface area (Å²) < 4.78 is 26.4. The van der Waals surface area contributed by atoms with Crippen LogP contribution < -0.4 is 4.87 Å². The maximum atomic E-state index is 12.6. The van der Waals surface area contributed by atoms with Gasteiger partial charge in [-0.3, -0.25) is 9.59 Å². The molecule has 20 heavy (non-hydrogen) atoms. The number of sulfonamides is 1. The number of nitrogens with zero attached hydrogens (tertiary/aromatic N) is 2. The zero-order valence-corrected chi connectivity index (χ0v) is 13.2. The van der Waals surface area contributed by atoms with Crippen LogP contribution in [0.2, 0.25) is 0 Å². The van der Waals surface area contributed by atoms with Crippen LogP contribution in [0.4, 0.5) is 0 Å². The first kappa shape index (κ1) is 15.2. The van der Waals surface area contributed by atoms with Crippen molar-refractivity contribution in [1.82, 2.24) is 14.2 Å². The number of aromatic amines is 1. The van der Waals surface area contributed by atoms with Crippen LogP contribution in [-0.4, -0.2) is 55.2 Å². The van der Waals surface area contributed by atoms with E-state index in [1.165, 1.54) is 9.21 Å². The first-order valence-electron chi connectivity index (χ1n) is 6.18. The van der Waals surface area contributed by atoms with Gasteiger partial charge in [0, 0.05) is 26.3 Å². The van der Waals surface area contributed by atoms with E-state index >= 15 is 0 Å². The van der Waals surface area contributed by atoms with E-state index in [1.54, 1.807) is 21.0 Å². The largest absolute Gasteiger partial charge is 0.347 e. The maximum absolute atomic E-state index is 12.6. The second kappa shape index (κ2) is 5.30. The van der Waals surface area contributed by atoms with Gasteiger partial charge in [-0.2, -0.15) is 4.31 Å². The summed E-state index contributed by atoms with van der Waals surface area (Å²) in [7, 11) is -0.598. The van der Waals surface area contributed by atoms with Gasteiger partial charge in [0.25, 0.3) is 10.0 Å². The Morgan fingerprint density at radius 2 is 2.10 bits per heavy atom. The van der Waals surface area contributed by atoms with Gasteiger partial charge in [-0.25, -0.2) is 8.42 Å². The number of hydrogen-bond donors (Lipinski definition) is 1. The number of rotatable bonds is 3. The van der Waals surface area contributed by atoms with Crippen LogP contribution >= 0.6 is 11.3 Å². The molecule has 1 amide bonds. The number of likely N-dealkylation sites (N-methyl/N-ethyl adjacent to an activating group) is 1. The van der Waals surface area contributed by atoms with E-state index in [9.17, 15) is 18.0 Å². The molecular formula is C11H17N3O4S2. The number of carbonyl (C=O) groups excluding carboxylic acids is 1. The quantitative estimate of drug-likeness (QED) is 0.848. The Bertz CT molecular complexity index is 674. The predicted octanol–water partition coefficient (Wildman–Crippen LogP) is -0.0139. The van der Waals surface area contributed by atoms with Crippen molar-refractivity contribution in [3.63, 3.8) is 0 Å². The van der Waals surface area contributed by atoms with Crippen molar-refractivity contribution >= 4 is 27.3 Å². The Labute approximate surface area is 121 Å². The highest BCUT2D eigenvalue weighted by Gasteiger charge is 2.41. The summed E-state index contributed by atoms with van der Waals surface area (Å²) in [5.74, 6) is -0.230. The molecule has 1 atom stereocenters. The second-order valence-electron chi connectivity index (χ2n) is 4.93. The molecule has 0 saturated carbocycles. The number of amides is 1. The lowest BCUT2D eigenvalue weighted by Crippen LogP contribution is -2.45.